The van der Waals surface area contributed by atoms with E-state index < -0.39 is 0 Å². The number of para-hydroxylation sites is 1. The van der Waals surface area contributed by atoms with E-state index in [1.807, 2.05) is 54.0 Å². The fourth-order valence-corrected chi connectivity index (χ4v) is 5.42. The van der Waals surface area contributed by atoms with Gasteiger partial charge in [0.2, 0.25) is 11.8 Å². The largest absolute Gasteiger partial charge is 0.489 e. The molecule has 0 aliphatic carbocycles. The Morgan fingerprint density at radius 2 is 1.78 bits per heavy atom. The average molecular weight is 513 g/mol. The summed E-state index contributed by atoms with van der Waals surface area (Å²) in [6.45, 7) is 9.24. The molecule has 1 aromatic rings. The van der Waals surface area contributed by atoms with Gasteiger partial charge in [-0.05, 0) is 38.2 Å². The van der Waals surface area contributed by atoms with Crippen molar-refractivity contribution in [3.8, 4) is 5.75 Å². The van der Waals surface area contributed by atoms with E-state index in [0.29, 0.717) is 77.8 Å². The summed E-state index contributed by atoms with van der Waals surface area (Å²) in [5, 5.41) is 0. The summed E-state index contributed by atoms with van der Waals surface area (Å²) in [5.41, 5.74) is 0.866. The Kier molecular flexibility index (Phi) is 9.44. The van der Waals surface area contributed by atoms with E-state index in [0.717, 1.165) is 12.0 Å². The number of hydrogen-bond donors (Lipinski definition) is 0. The molecule has 0 spiro atoms. The first-order chi connectivity index (χ1) is 18.0. The Labute approximate surface area is 220 Å². The van der Waals surface area contributed by atoms with Crippen LogP contribution in [0.2, 0.25) is 0 Å². The standard InChI is InChI=1S/C28H40N4O5/c1-3-29(4-2)26(33)18-22-11-12-31-19-23(22)9-7-15-37-25-10-6-5-8-24(25)20-32(21-27(31)34)28(35)30-13-16-36-17-14-30/h5-10,22-23H,3-4,11-21H2,1-2H3/b9-7-/t22-,23-/m0/s1. The third-order valence-electron chi connectivity index (χ3n) is 7.64. The highest BCUT2D eigenvalue weighted by Gasteiger charge is 2.34. The molecule has 4 rings (SSSR count). The number of piperidine rings is 1. The molecular formula is C28H40N4O5. The quantitative estimate of drug-likeness (QED) is 0.580. The monoisotopic (exact) mass is 512 g/mol. The zero-order valence-corrected chi connectivity index (χ0v) is 22.1. The van der Waals surface area contributed by atoms with E-state index in [9.17, 15) is 14.4 Å². The van der Waals surface area contributed by atoms with Crippen molar-refractivity contribution >= 4 is 17.8 Å². The smallest absolute Gasteiger partial charge is 0.320 e. The van der Waals surface area contributed by atoms with Gasteiger partial charge in [-0.15, -0.1) is 0 Å². The molecule has 0 radical (unpaired) electrons. The molecule has 0 saturated carbocycles. The SMILES string of the molecule is CCN(CC)C(=O)C[C@@H]1CCN2C[C@@H]1/C=C\COc1ccccc1CN(C(=O)N1CCOCC1)CC2=O. The molecule has 1 aromatic carbocycles. The lowest BCUT2D eigenvalue weighted by molar-refractivity contribution is -0.135. The Balaban J connectivity index is 1.56. The van der Waals surface area contributed by atoms with E-state index in [2.05, 4.69) is 6.08 Å². The maximum atomic E-state index is 13.5. The van der Waals surface area contributed by atoms with Gasteiger partial charge >= 0.3 is 6.03 Å². The van der Waals surface area contributed by atoms with Gasteiger partial charge in [0.15, 0.2) is 0 Å². The van der Waals surface area contributed by atoms with Gasteiger partial charge in [0.05, 0.1) is 19.8 Å². The molecule has 3 aliphatic rings. The fraction of sp³-hybridized carbons (Fsp3) is 0.607. The average Bonchev–Trinajstić information content (AvgIpc) is 2.93. The Morgan fingerprint density at radius 1 is 1.03 bits per heavy atom. The molecule has 4 amide bonds. The molecule has 2 saturated heterocycles. The summed E-state index contributed by atoms with van der Waals surface area (Å²) >= 11 is 0. The number of nitrogens with zero attached hydrogens (tertiary/aromatic N) is 4. The topological polar surface area (TPSA) is 82.6 Å². The van der Waals surface area contributed by atoms with Crippen LogP contribution in [0.25, 0.3) is 0 Å². The second-order valence-corrected chi connectivity index (χ2v) is 9.91. The molecule has 0 aromatic heterocycles. The second kappa shape index (κ2) is 12.9. The lowest BCUT2D eigenvalue weighted by Gasteiger charge is -2.39. The number of carbonyl (C=O) groups excluding carboxylic acids is 3. The summed E-state index contributed by atoms with van der Waals surface area (Å²) in [4.78, 5) is 47.0. The van der Waals surface area contributed by atoms with Crippen molar-refractivity contribution in [1.29, 1.82) is 0 Å². The van der Waals surface area contributed by atoms with Gasteiger partial charge in [0, 0.05) is 51.3 Å². The van der Waals surface area contributed by atoms with Crippen LogP contribution in [0.1, 0.15) is 32.3 Å². The molecule has 0 unspecified atom stereocenters. The minimum atomic E-state index is -0.157. The molecule has 2 bridgehead atoms. The highest BCUT2D eigenvalue weighted by Crippen LogP contribution is 2.29. The second-order valence-electron chi connectivity index (χ2n) is 9.91. The normalized spacial score (nSPS) is 23.6. The molecule has 37 heavy (non-hydrogen) atoms. The number of urea groups is 1. The van der Waals surface area contributed by atoms with Crippen LogP contribution in [-0.2, 0) is 20.9 Å². The van der Waals surface area contributed by atoms with Crippen molar-refractivity contribution in [1.82, 2.24) is 19.6 Å². The molecule has 0 N–H and O–H groups in total. The van der Waals surface area contributed by atoms with Crippen LogP contribution < -0.4 is 4.74 Å². The first-order valence-electron chi connectivity index (χ1n) is 13.5. The lowest BCUT2D eigenvalue weighted by atomic mass is 9.82. The number of rotatable bonds is 4. The van der Waals surface area contributed by atoms with Crippen LogP contribution in [0.5, 0.6) is 5.75 Å². The molecule has 3 aliphatic heterocycles. The zero-order chi connectivity index (χ0) is 26.2. The van der Waals surface area contributed by atoms with E-state index >= 15 is 0 Å². The minimum Gasteiger partial charge on any atom is -0.489 e. The number of ether oxygens (including phenoxy) is 2. The van der Waals surface area contributed by atoms with Gasteiger partial charge in [0.25, 0.3) is 0 Å². The minimum absolute atomic E-state index is 0.00397. The molecular weight excluding hydrogens is 472 g/mol. The molecule has 2 atom stereocenters. The highest BCUT2D eigenvalue weighted by molar-refractivity contribution is 5.84. The zero-order valence-electron chi connectivity index (χ0n) is 22.1. The van der Waals surface area contributed by atoms with Crippen molar-refractivity contribution in [3.05, 3.63) is 42.0 Å². The highest BCUT2D eigenvalue weighted by atomic mass is 16.5. The number of hydrogen-bond acceptors (Lipinski definition) is 5. The molecule has 2 fully saturated rings. The fourth-order valence-electron chi connectivity index (χ4n) is 5.42. The van der Waals surface area contributed by atoms with Crippen molar-refractivity contribution in [2.75, 3.05) is 65.6 Å². The maximum Gasteiger partial charge on any atom is 0.320 e. The first-order valence-corrected chi connectivity index (χ1v) is 13.5. The van der Waals surface area contributed by atoms with Crippen molar-refractivity contribution in [2.24, 2.45) is 11.8 Å². The summed E-state index contributed by atoms with van der Waals surface area (Å²) in [6.07, 6.45) is 5.34. The van der Waals surface area contributed by atoms with Crippen LogP contribution in [0.15, 0.2) is 36.4 Å². The number of amides is 4. The van der Waals surface area contributed by atoms with Crippen LogP contribution in [0, 0.1) is 11.8 Å². The predicted octanol–water partition coefficient (Wildman–Crippen LogP) is 2.61. The maximum absolute atomic E-state index is 13.5. The van der Waals surface area contributed by atoms with Crippen LogP contribution in [0.3, 0.4) is 0 Å². The van der Waals surface area contributed by atoms with Gasteiger partial charge in [0.1, 0.15) is 18.9 Å². The van der Waals surface area contributed by atoms with Crippen LogP contribution in [-0.4, -0.2) is 103 Å². The molecule has 9 nitrogen and oxygen atoms in total. The Bertz CT molecular complexity index is 973. The van der Waals surface area contributed by atoms with Crippen molar-refractivity contribution < 1.29 is 23.9 Å². The van der Waals surface area contributed by atoms with Gasteiger partial charge in [-0.1, -0.05) is 30.4 Å². The molecule has 3 heterocycles. The van der Waals surface area contributed by atoms with Crippen LogP contribution >= 0.6 is 0 Å². The number of fused-ring (bicyclic) bond motifs is 3. The van der Waals surface area contributed by atoms with Crippen LogP contribution in [0.4, 0.5) is 4.79 Å². The summed E-state index contributed by atoms with van der Waals surface area (Å²) in [5.74, 6) is 1.02. The van der Waals surface area contributed by atoms with Gasteiger partial charge in [-0.3, -0.25) is 9.59 Å². The number of benzene rings is 1. The Hall–Kier alpha value is -3.07. The Morgan fingerprint density at radius 3 is 2.54 bits per heavy atom. The summed E-state index contributed by atoms with van der Waals surface area (Å²) in [7, 11) is 0. The number of carbonyl (C=O) groups is 3. The predicted molar refractivity (Wildman–Crippen MR) is 140 cm³/mol. The van der Waals surface area contributed by atoms with E-state index in [-0.39, 0.29) is 36.2 Å². The van der Waals surface area contributed by atoms with E-state index in [4.69, 9.17) is 9.47 Å². The van der Waals surface area contributed by atoms with E-state index in [1.165, 1.54) is 0 Å². The third-order valence-corrected chi connectivity index (χ3v) is 7.64. The lowest BCUT2D eigenvalue weighted by Crippen LogP contribution is -2.52. The van der Waals surface area contributed by atoms with Gasteiger partial charge in [-0.2, -0.15) is 0 Å². The van der Waals surface area contributed by atoms with Gasteiger partial charge < -0.3 is 29.1 Å². The molecule has 202 valence electrons. The summed E-state index contributed by atoms with van der Waals surface area (Å²) in [6, 6.07) is 7.51. The third kappa shape index (κ3) is 6.83. The summed E-state index contributed by atoms with van der Waals surface area (Å²) < 4.78 is 11.5. The first kappa shape index (κ1) is 27.0. The van der Waals surface area contributed by atoms with Crippen molar-refractivity contribution in [3.63, 3.8) is 0 Å². The van der Waals surface area contributed by atoms with Gasteiger partial charge in [-0.25, -0.2) is 4.79 Å². The van der Waals surface area contributed by atoms with Crippen molar-refractivity contribution in [2.45, 2.75) is 33.2 Å². The number of morpholine rings is 1. The van der Waals surface area contributed by atoms with E-state index in [1.54, 1.807) is 9.80 Å². The molecule has 9 heteroatoms.